The molecule has 2 bridgehead atoms. The summed E-state index contributed by atoms with van der Waals surface area (Å²) in [6.45, 7) is 5.07. The number of nitrogens with zero attached hydrogens (tertiary/aromatic N) is 5. The van der Waals surface area contributed by atoms with Crippen LogP contribution in [0.3, 0.4) is 0 Å². The largest absolute Gasteiger partial charge is 0.508 e. The minimum Gasteiger partial charge on any atom is -0.508 e. The van der Waals surface area contributed by atoms with Crippen molar-refractivity contribution in [3.8, 4) is 23.0 Å². The maximum atomic E-state index is 16.6. The molecule has 1 saturated carbocycles. The summed E-state index contributed by atoms with van der Waals surface area (Å²) in [7, 11) is 0. The molecular formula is C32H33F3N6O2. The molecule has 11 heteroatoms. The van der Waals surface area contributed by atoms with Crippen molar-refractivity contribution >= 4 is 27.5 Å². The van der Waals surface area contributed by atoms with Gasteiger partial charge in [0.05, 0.1) is 12.0 Å². The molecule has 2 aromatic heterocycles. The monoisotopic (exact) mass is 590 g/mol. The third kappa shape index (κ3) is 4.82. The van der Waals surface area contributed by atoms with E-state index in [0.717, 1.165) is 51.4 Å². The second-order valence-electron chi connectivity index (χ2n) is 12.8. The first-order valence-corrected chi connectivity index (χ1v) is 15.2. The number of anilines is 1. The lowest BCUT2D eigenvalue weighted by atomic mass is 9.99. The molecule has 2 atom stereocenters. The number of hydrogen-bond acceptors (Lipinski definition) is 8. The lowest BCUT2D eigenvalue weighted by Crippen LogP contribution is -2.51. The Kier molecular flexibility index (Phi) is 6.38. The second-order valence-corrected chi connectivity index (χ2v) is 12.8. The minimum atomic E-state index is -1.13. The number of fused-ring (bicyclic) bond motifs is 4. The molecule has 0 radical (unpaired) electrons. The third-order valence-electron chi connectivity index (χ3n) is 9.63. The molecule has 4 fully saturated rings. The van der Waals surface area contributed by atoms with Crippen molar-refractivity contribution in [3.05, 3.63) is 47.9 Å². The number of aromatic nitrogens is 3. The zero-order chi connectivity index (χ0) is 29.3. The molecule has 8 rings (SSSR count). The number of ether oxygens (including phenoxy) is 1. The number of pyridine rings is 1. The maximum Gasteiger partial charge on any atom is 0.319 e. The van der Waals surface area contributed by atoms with Crippen LogP contribution in [0.25, 0.3) is 32.9 Å². The first-order valence-electron chi connectivity index (χ1n) is 15.2. The van der Waals surface area contributed by atoms with Crippen molar-refractivity contribution in [2.45, 2.75) is 50.6 Å². The van der Waals surface area contributed by atoms with E-state index in [1.807, 2.05) is 0 Å². The molecule has 2 aromatic carbocycles. The summed E-state index contributed by atoms with van der Waals surface area (Å²) in [5.74, 6) is -2.68. The number of piperazine rings is 1. The first kappa shape index (κ1) is 26.9. The van der Waals surface area contributed by atoms with Crippen LogP contribution >= 0.6 is 0 Å². The van der Waals surface area contributed by atoms with Crippen LogP contribution in [0.2, 0.25) is 0 Å². The SMILES string of the molecule is Oc1cc(-c2ncc3c(N4C[C@H]5CC[C@@H](C4)N5)nc(OCC4(CN5CCCC5)CC4)nc3c2F)c2c(F)c(F)ccc2c1. The number of halogens is 3. The van der Waals surface area contributed by atoms with Crippen LogP contribution in [0.5, 0.6) is 11.8 Å². The highest BCUT2D eigenvalue weighted by molar-refractivity contribution is 6.00. The van der Waals surface area contributed by atoms with Gasteiger partial charge in [-0.25, -0.2) is 13.2 Å². The van der Waals surface area contributed by atoms with Crippen LogP contribution in [0.1, 0.15) is 38.5 Å². The molecule has 0 spiro atoms. The van der Waals surface area contributed by atoms with Gasteiger partial charge in [-0.2, -0.15) is 9.97 Å². The smallest absolute Gasteiger partial charge is 0.319 e. The number of phenols is 1. The van der Waals surface area contributed by atoms with Crippen molar-refractivity contribution < 1.29 is 23.0 Å². The molecule has 4 aromatic rings. The van der Waals surface area contributed by atoms with E-state index in [4.69, 9.17) is 9.72 Å². The molecule has 8 nitrogen and oxygen atoms in total. The van der Waals surface area contributed by atoms with Gasteiger partial charge < -0.3 is 25.0 Å². The molecular weight excluding hydrogens is 557 g/mol. The molecule has 0 amide bonds. The summed E-state index contributed by atoms with van der Waals surface area (Å²) in [5, 5.41) is 14.5. The highest BCUT2D eigenvalue weighted by Crippen LogP contribution is 2.47. The first-order chi connectivity index (χ1) is 20.9. The molecule has 0 unspecified atom stereocenters. The molecule has 4 aliphatic rings. The Morgan fingerprint density at radius 3 is 2.51 bits per heavy atom. The van der Waals surface area contributed by atoms with E-state index >= 15 is 8.78 Å². The summed E-state index contributed by atoms with van der Waals surface area (Å²) in [4.78, 5) is 18.4. The van der Waals surface area contributed by atoms with E-state index in [9.17, 15) is 9.50 Å². The van der Waals surface area contributed by atoms with Crippen LogP contribution in [0.15, 0.2) is 30.5 Å². The second kappa shape index (κ2) is 10.2. The number of nitrogens with one attached hydrogen (secondary N) is 1. The standard InChI is InChI=1S/C32H33F3N6O2/c33-24-6-3-18-11-21(42)12-22(25(18)26(24)34)28-27(35)29-23(13-36-28)30(41-14-19-4-5-20(15-41)37-19)39-31(38-29)43-17-32(7-8-32)16-40-9-1-2-10-40/h3,6,11-13,19-20,37,42H,1-2,4-5,7-10,14-17H2/t19-,20+. The van der Waals surface area contributed by atoms with E-state index in [1.54, 1.807) is 0 Å². The summed E-state index contributed by atoms with van der Waals surface area (Å²) in [6.07, 6.45) is 8.20. The lowest BCUT2D eigenvalue weighted by Gasteiger charge is -2.34. The van der Waals surface area contributed by atoms with Crippen LogP contribution in [-0.2, 0) is 0 Å². The average molecular weight is 591 g/mol. The Morgan fingerprint density at radius 1 is 1.00 bits per heavy atom. The molecule has 3 saturated heterocycles. The van der Waals surface area contributed by atoms with E-state index in [-0.39, 0.29) is 44.7 Å². The molecule has 43 heavy (non-hydrogen) atoms. The zero-order valence-electron chi connectivity index (χ0n) is 23.8. The van der Waals surface area contributed by atoms with Crippen molar-refractivity contribution in [1.29, 1.82) is 0 Å². The molecule has 3 aliphatic heterocycles. The van der Waals surface area contributed by atoms with Gasteiger partial charge in [-0.1, -0.05) is 6.07 Å². The number of likely N-dealkylation sites (tertiary alicyclic amines) is 1. The van der Waals surface area contributed by atoms with E-state index in [0.29, 0.717) is 43.0 Å². The van der Waals surface area contributed by atoms with E-state index < -0.39 is 17.5 Å². The molecule has 2 N–H and O–H groups in total. The van der Waals surface area contributed by atoms with Crippen LogP contribution in [0, 0.1) is 22.9 Å². The number of phenolic OH excluding ortho intramolecular Hbond substituents is 1. The Balaban J connectivity index is 1.23. The Morgan fingerprint density at radius 2 is 1.77 bits per heavy atom. The number of rotatable bonds is 7. The van der Waals surface area contributed by atoms with Crippen molar-refractivity contribution in [1.82, 2.24) is 25.2 Å². The van der Waals surface area contributed by atoms with Crippen molar-refractivity contribution in [2.75, 3.05) is 44.2 Å². The number of benzene rings is 2. The highest BCUT2D eigenvalue weighted by Gasteiger charge is 2.45. The summed E-state index contributed by atoms with van der Waals surface area (Å²) in [5.41, 5.74) is -0.243. The average Bonchev–Trinajstić information content (AvgIpc) is 3.40. The van der Waals surface area contributed by atoms with Gasteiger partial charge in [-0.15, -0.1) is 0 Å². The third-order valence-corrected chi connectivity index (χ3v) is 9.63. The fourth-order valence-electron chi connectivity index (χ4n) is 7.21. The fraction of sp³-hybridized carbons (Fsp3) is 0.469. The Hall–Kier alpha value is -3.70. The topological polar surface area (TPSA) is 86.6 Å². The molecule has 5 heterocycles. The van der Waals surface area contributed by atoms with Gasteiger partial charge in [-0.3, -0.25) is 4.98 Å². The van der Waals surface area contributed by atoms with Gasteiger partial charge in [-0.05, 0) is 75.2 Å². The number of hydrogen-bond donors (Lipinski definition) is 2. The summed E-state index contributed by atoms with van der Waals surface area (Å²) < 4.78 is 52.2. The predicted molar refractivity (Wildman–Crippen MR) is 157 cm³/mol. The summed E-state index contributed by atoms with van der Waals surface area (Å²) >= 11 is 0. The zero-order valence-corrected chi connectivity index (χ0v) is 23.8. The molecule has 1 aliphatic carbocycles. The van der Waals surface area contributed by atoms with Gasteiger partial charge in [0, 0.05) is 54.3 Å². The van der Waals surface area contributed by atoms with Gasteiger partial charge in [0.25, 0.3) is 0 Å². The van der Waals surface area contributed by atoms with Crippen molar-refractivity contribution in [2.24, 2.45) is 5.41 Å². The van der Waals surface area contributed by atoms with Crippen molar-refractivity contribution in [3.63, 3.8) is 0 Å². The lowest BCUT2D eigenvalue weighted by molar-refractivity contribution is 0.170. The van der Waals surface area contributed by atoms with Gasteiger partial charge in [0.2, 0.25) is 0 Å². The number of aromatic hydroxyl groups is 1. The van der Waals surface area contributed by atoms with Crippen LogP contribution < -0.4 is 15.0 Å². The quantitative estimate of drug-likeness (QED) is 0.305. The van der Waals surface area contributed by atoms with Crippen LogP contribution in [0.4, 0.5) is 19.0 Å². The Bertz CT molecular complexity index is 1730. The summed E-state index contributed by atoms with van der Waals surface area (Å²) in [6, 6.07) is 5.55. The minimum absolute atomic E-state index is 0.00595. The normalized spacial score (nSPS) is 23.0. The van der Waals surface area contributed by atoms with Gasteiger partial charge >= 0.3 is 6.01 Å². The van der Waals surface area contributed by atoms with Gasteiger partial charge in [0.1, 0.15) is 22.8 Å². The Labute approximate surface area is 246 Å². The predicted octanol–water partition coefficient (Wildman–Crippen LogP) is 5.16. The van der Waals surface area contributed by atoms with E-state index in [1.165, 1.54) is 37.2 Å². The van der Waals surface area contributed by atoms with E-state index in [2.05, 4.69) is 25.1 Å². The van der Waals surface area contributed by atoms with Crippen LogP contribution in [-0.4, -0.2) is 76.4 Å². The van der Waals surface area contributed by atoms with Gasteiger partial charge in [0.15, 0.2) is 17.5 Å². The highest BCUT2D eigenvalue weighted by atomic mass is 19.2. The molecule has 224 valence electrons. The fourth-order valence-corrected chi connectivity index (χ4v) is 7.21. The maximum absolute atomic E-state index is 16.6.